The molecule has 0 aliphatic rings. The molecule has 5 heteroatoms. The van der Waals surface area contributed by atoms with Gasteiger partial charge in [0.2, 0.25) is 5.91 Å². The van der Waals surface area contributed by atoms with E-state index >= 15 is 0 Å². The molecule has 1 atom stereocenters. The molecule has 0 aromatic heterocycles. The van der Waals surface area contributed by atoms with E-state index in [1.807, 2.05) is 13.8 Å². The zero-order chi connectivity index (χ0) is 15.8. The van der Waals surface area contributed by atoms with Gasteiger partial charge in [-0.3, -0.25) is 4.79 Å². The maximum atomic E-state index is 13.4. The van der Waals surface area contributed by atoms with Gasteiger partial charge in [-0.05, 0) is 24.5 Å². The summed E-state index contributed by atoms with van der Waals surface area (Å²) in [5, 5.41) is 2.57. The van der Waals surface area contributed by atoms with Gasteiger partial charge >= 0.3 is 5.97 Å². The van der Waals surface area contributed by atoms with Crippen LogP contribution < -0.4 is 5.32 Å². The molecule has 1 amide bonds. The molecule has 1 unspecified atom stereocenters. The minimum Gasteiger partial charge on any atom is -0.467 e. The van der Waals surface area contributed by atoms with Crippen LogP contribution in [0.25, 0.3) is 6.08 Å². The Morgan fingerprint density at radius 1 is 1.33 bits per heavy atom. The Morgan fingerprint density at radius 2 is 2.00 bits per heavy atom. The van der Waals surface area contributed by atoms with Crippen molar-refractivity contribution in [3.63, 3.8) is 0 Å². The molecule has 4 nitrogen and oxygen atoms in total. The van der Waals surface area contributed by atoms with E-state index in [1.54, 1.807) is 18.2 Å². The molecule has 0 spiro atoms. The van der Waals surface area contributed by atoms with Gasteiger partial charge in [0.15, 0.2) is 0 Å². The maximum Gasteiger partial charge on any atom is 0.328 e. The van der Waals surface area contributed by atoms with E-state index in [9.17, 15) is 14.0 Å². The van der Waals surface area contributed by atoms with Gasteiger partial charge < -0.3 is 10.1 Å². The predicted molar refractivity (Wildman–Crippen MR) is 78.8 cm³/mol. The van der Waals surface area contributed by atoms with E-state index < -0.39 is 23.7 Å². The number of hydrogen-bond donors (Lipinski definition) is 1. The Kier molecular flexibility index (Phi) is 6.59. The van der Waals surface area contributed by atoms with Crippen LogP contribution in [0, 0.1) is 11.7 Å². The molecule has 0 fully saturated rings. The number of hydrogen-bond acceptors (Lipinski definition) is 3. The number of nitrogens with one attached hydrogen (secondary N) is 1. The van der Waals surface area contributed by atoms with Crippen molar-refractivity contribution in [2.45, 2.75) is 26.3 Å². The Labute approximate surface area is 124 Å². The molecule has 0 heterocycles. The van der Waals surface area contributed by atoms with Gasteiger partial charge in [0.05, 0.1) is 7.11 Å². The Morgan fingerprint density at radius 3 is 2.57 bits per heavy atom. The molecule has 0 aliphatic carbocycles. The van der Waals surface area contributed by atoms with Crippen LogP contribution in [0.1, 0.15) is 25.8 Å². The molecule has 0 bridgehead atoms. The van der Waals surface area contributed by atoms with E-state index in [1.165, 1.54) is 25.3 Å². The number of esters is 1. The highest BCUT2D eigenvalue weighted by Crippen LogP contribution is 2.09. The van der Waals surface area contributed by atoms with Crippen LogP contribution in [0.2, 0.25) is 0 Å². The lowest BCUT2D eigenvalue weighted by molar-refractivity contribution is -0.145. The summed E-state index contributed by atoms with van der Waals surface area (Å²) in [4.78, 5) is 23.4. The lowest BCUT2D eigenvalue weighted by Crippen LogP contribution is -2.41. The Hall–Kier alpha value is -2.17. The van der Waals surface area contributed by atoms with Gasteiger partial charge in [0.25, 0.3) is 0 Å². The second-order valence-corrected chi connectivity index (χ2v) is 5.07. The topological polar surface area (TPSA) is 55.4 Å². The number of halogens is 1. The minimum atomic E-state index is -0.701. The van der Waals surface area contributed by atoms with Crippen LogP contribution in [0.15, 0.2) is 30.3 Å². The molecule has 1 N–H and O–H groups in total. The number of amides is 1. The molecule has 0 saturated heterocycles. The van der Waals surface area contributed by atoms with Crippen LogP contribution >= 0.6 is 0 Å². The van der Waals surface area contributed by atoms with Gasteiger partial charge in [0.1, 0.15) is 11.9 Å². The lowest BCUT2D eigenvalue weighted by atomic mass is 10.0. The molecular formula is C16H20FNO3. The van der Waals surface area contributed by atoms with Gasteiger partial charge in [0, 0.05) is 11.6 Å². The number of methoxy groups -OCH3 is 1. The van der Waals surface area contributed by atoms with Gasteiger partial charge in [-0.15, -0.1) is 0 Å². The largest absolute Gasteiger partial charge is 0.467 e. The Bertz CT molecular complexity index is 526. The second-order valence-electron chi connectivity index (χ2n) is 5.07. The first-order chi connectivity index (χ1) is 9.93. The molecular weight excluding hydrogens is 273 g/mol. The number of rotatable bonds is 6. The summed E-state index contributed by atoms with van der Waals surface area (Å²) < 4.78 is 18.1. The number of carbonyl (C=O) groups is 2. The van der Waals surface area contributed by atoms with Crippen LogP contribution in [0.4, 0.5) is 4.39 Å². The molecule has 1 rings (SSSR count). The summed E-state index contributed by atoms with van der Waals surface area (Å²) in [7, 11) is 1.27. The first-order valence-corrected chi connectivity index (χ1v) is 6.75. The van der Waals surface area contributed by atoms with Crippen molar-refractivity contribution in [2.24, 2.45) is 5.92 Å². The standard InChI is InChI=1S/C16H20FNO3/c1-11(2)10-14(16(20)21-3)18-15(19)9-8-12-6-4-5-7-13(12)17/h4-9,11,14H,10H2,1-3H3,(H,18,19)/b9-8+. The quantitative estimate of drug-likeness (QED) is 0.648. The monoisotopic (exact) mass is 293 g/mol. The first-order valence-electron chi connectivity index (χ1n) is 6.75. The third-order valence-corrected chi connectivity index (χ3v) is 2.83. The van der Waals surface area contributed by atoms with E-state index in [0.29, 0.717) is 12.0 Å². The summed E-state index contributed by atoms with van der Waals surface area (Å²) in [6.07, 6.45) is 3.05. The van der Waals surface area contributed by atoms with Crippen molar-refractivity contribution in [3.8, 4) is 0 Å². The SMILES string of the molecule is COC(=O)C(CC(C)C)NC(=O)/C=C/c1ccccc1F. The molecule has 0 radical (unpaired) electrons. The molecule has 21 heavy (non-hydrogen) atoms. The van der Waals surface area contributed by atoms with E-state index in [2.05, 4.69) is 10.1 Å². The lowest BCUT2D eigenvalue weighted by Gasteiger charge is -2.17. The van der Waals surface area contributed by atoms with Gasteiger partial charge in [-0.1, -0.05) is 32.0 Å². The number of benzene rings is 1. The van der Waals surface area contributed by atoms with Crippen LogP contribution in [0.5, 0.6) is 0 Å². The normalized spacial score (nSPS) is 12.4. The zero-order valence-corrected chi connectivity index (χ0v) is 12.4. The fraction of sp³-hybridized carbons (Fsp3) is 0.375. The summed E-state index contributed by atoms with van der Waals surface area (Å²) in [6, 6.07) is 5.42. The minimum absolute atomic E-state index is 0.227. The summed E-state index contributed by atoms with van der Waals surface area (Å²) >= 11 is 0. The Balaban J connectivity index is 2.70. The van der Waals surface area contributed by atoms with Crippen molar-refractivity contribution < 1.29 is 18.7 Å². The fourth-order valence-electron chi connectivity index (χ4n) is 1.82. The fourth-order valence-corrected chi connectivity index (χ4v) is 1.82. The molecule has 1 aromatic rings. The third kappa shape index (κ3) is 5.77. The highest BCUT2D eigenvalue weighted by atomic mass is 19.1. The average Bonchev–Trinajstić information content (AvgIpc) is 2.44. The van der Waals surface area contributed by atoms with E-state index in [0.717, 1.165) is 0 Å². The zero-order valence-electron chi connectivity index (χ0n) is 12.4. The van der Waals surface area contributed by atoms with Gasteiger partial charge in [-0.25, -0.2) is 9.18 Å². The van der Waals surface area contributed by atoms with Crippen LogP contribution in [-0.4, -0.2) is 25.0 Å². The highest BCUT2D eigenvalue weighted by Gasteiger charge is 2.21. The average molecular weight is 293 g/mol. The summed E-state index contributed by atoms with van der Waals surface area (Å²) in [6.45, 7) is 3.88. The molecule has 0 aliphatic heterocycles. The van der Waals surface area contributed by atoms with Crippen LogP contribution in [-0.2, 0) is 14.3 Å². The van der Waals surface area contributed by atoms with Crippen molar-refractivity contribution in [2.75, 3.05) is 7.11 Å². The molecule has 1 aromatic carbocycles. The highest BCUT2D eigenvalue weighted by molar-refractivity contribution is 5.94. The van der Waals surface area contributed by atoms with Crippen molar-refractivity contribution in [1.82, 2.24) is 5.32 Å². The third-order valence-electron chi connectivity index (χ3n) is 2.83. The first kappa shape index (κ1) is 16.9. The van der Waals surface area contributed by atoms with Crippen molar-refractivity contribution in [3.05, 3.63) is 41.7 Å². The van der Waals surface area contributed by atoms with Gasteiger partial charge in [-0.2, -0.15) is 0 Å². The predicted octanol–water partition coefficient (Wildman–Crippen LogP) is 2.54. The van der Waals surface area contributed by atoms with Crippen molar-refractivity contribution >= 4 is 18.0 Å². The van der Waals surface area contributed by atoms with E-state index in [-0.39, 0.29) is 5.92 Å². The molecule has 114 valence electrons. The number of ether oxygens (including phenoxy) is 1. The number of carbonyl (C=O) groups excluding carboxylic acids is 2. The second kappa shape index (κ2) is 8.19. The van der Waals surface area contributed by atoms with Crippen LogP contribution in [0.3, 0.4) is 0 Å². The maximum absolute atomic E-state index is 13.4. The summed E-state index contributed by atoms with van der Waals surface area (Å²) in [5.41, 5.74) is 0.311. The van der Waals surface area contributed by atoms with E-state index in [4.69, 9.17) is 0 Å². The smallest absolute Gasteiger partial charge is 0.328 e. The van der Waals surface area contributed by atoms with Crippen molar-refractivity contribution in [1.29, 1.82) is 0 Å². The summed E-state index contributed by atoms with van der Waals surface area (Å²) in [5.74, 6) is -1.14. The molecule has 0 saturated carbocycles.